The fourth-order valence-corrected chi connectivity index (χ4v) is 3.91. The van der Waals surface area contributed by atoms with Gasteiger partial charge in [-0.25, -0.2) is 19.5 Å². The highest BCUT2D eigenvalue weighted by atomic mass is 35.5. The topological polar surface area (TPSA) is 109 Å². The third-order valence-electron chi connectivity index (χ3n) is 5.62. The van der Waals surface area contributed by atoms with Gasteiger partial charge in [0.1, 0.15) is 23.5 Å². The smallest absolute Gasteiger partial charge is 0.267 e. The van der Waals surface area contributed by atoms with Crippen molar-refractivity contribution in [3.05, 3.63) is 94.6 Å². The number of para-hydroxylation sites is 1. The Kier molecular flexibility index (Phi) is 5.43. The lowest BCUT2D eigenvalue weighted by Gasteiger charge is -2.15. The van der Waals surface area contributed by atoms with Gasteiger partial charge < -0.3 is 10.3 Å². The largest absolute Gasteiger partial charge is 0.368 e. The van der Waals surface area contributed by atoms with E-state index in [1.807, 2.05) is 30.3 Å². The lowest BCUT2D eigenvalue weighted by Crippen LogP contribution is -2.24. The third kappa shape index (κ3) is 3.74. The SMILES string of the molecule is CC(C(N)=O)n1ccnc1-c1ccc(-c2nc3ccccc3c(=O)n2-c2ccc(Cl)cn2)cc1. The van der Waals surface area contributed by atoms with Crippen LogP contribution < -0.4 is 11.3 Å². The summed E-state index contributed by atoms with van der Waals surface area (Å²) in [7, 11) is 0. The van der Waals surface area contributed by atoms with Gasteiger partial charge >= 0.3 is 0 Å². The van der Waals surface area contributed by atoms with E-state index in [0.29, 0.717) is 39.0 Å². The molecular weight excluding hydrogens is 452 g/mol. The van der Waals surface area contributed by atoms with E-state index in [0.717, 1.165) is 5.56 Å². The lowest BCUT2D eigenvalue weighted by atomic mass is 10.1. The van der Waals surface area contributed by atoms with Gasteiger partial charge in [-0.15, -0.1) is 0 Å². The molecule has 5 aromatic rings. The summed E-state index contributed by atoms with van der Waals surface area (Å²) in [6.07, 6.45) is 4.83. The predicted molar refractivity (Wildman–Crippen MR) is 131 cm³/mol. The summed E-state index contributed by atoms with van der Waals surface area (Å²) in [6, 6.07) is 17.4. The first-order valence-electron chi connectivity index (χ1n) is 10.5. The number of benzene rings is 2. The van der Waals surface area contributed by atoms with E-state index in [4.69, 9.17) is 22.3 Å². The number of nitrogens with two attached hydrogens (primary N) is 1. The van der Waals surface area contributed by atoms with E-state index >= 15 is 0 Å². The lowest BCUT2D eigenvalue weighted by molar-refractivity contribution is -0.120. The van der Waals surface area contributed by atoms with Crippen LogP contribution in [0.1, 0.15) is 13.0 Å². The van der Waals surface area contributed by atoms with Gasteiger partial charge in [-0.1, -0.05) is 48.0 Å². The predicted octanol–water partition coefficient (Wildman–Crippen LogP) is 4.01. The van der Waals surface area contributed by atoms with Crippen LogP contribution in [0.5, 0.6) is 0 Å². The van der Waals surface area contributed by atoms with E-state index in [-0.39, 0.29) is 5.56 Å². The van der Waals surface area contributed by atoms with Crippen LogP contribution in [0.2, 0.25) is 5.02 Å². The Morgan fingerprint density at radius 3 is 2.35 bits per heavy atom. The fraction of sp³-hybridized carbons (Fsp3) is 0.0800. The van der Waals surface area contributed by atoms with Gasteiger partial charge in [0.05, 0.1) is 15.9 Å². The number of fused-ring (bicyclic) bond motifs is 1. The molecule has 0 fully saturated rings. The van der Waals surface area contributed by atoms with Gasteiger partial charge in [0.25, 0.3) is 5.56 Å². The van der Waals surface area contributed by atoms with Crippen molar-refractivity contribution in [2.45, 2.75) is 13.0 Å². The zero-order chi connectivity index (χ0) is 23.8. The number of carbonyl (C=O) groups is 1. The summed E-state index contributed by atoms with van der Waals surface area (Å²) in [4.78, 5) is 38.6. The summed E-state index contributed by atoms with van der Waals surface area (Å²) < 4.78 is 3.20. The number of aromatic nitrogens is 5. The van der Waals surface area contributed by atoms with E-state index in [9.17, 15) is 9.59 Å². The molecule has 8 nitrogen and oxygen atoms in total. The number of carbonyl (C=O) groups excluding carboxylic acids is 1. The number of rotatable bonds is 5. The first-order valence-corrected chi connectivity index (χ1v) is 10.9. The van der Waals surface area contributed by atoms with Crippen LogP contribution in [-0.2, 0) is 4.79 Å². The molecule has 0 bridgehead atoms. The minimum absolute atomic E-state index is 0.231. The van der Waals surface area contributed by atoms with E-state index in [1.165, 1.54) is 10.8 Å². The summed E-state index contributed by atoms with van der Waals surface area (Å²) in [5.74, 6) is 1.02. The van der Waals surface area contributed by atoms with Crippen molar-refractivity contribution in [3.63, 3.8) is 0 Å². The zero-order valence-corrected chi connectivity index (χ0v) is 18.8. The molecule has 0 aliphatic carbocycles. The van der Waals surface area contributed by atoms with Crippen molar-refractivity contribution in [2.24, 2.45) is 5.73 Å². The standard InChI is InChI=1S/C25H19ClN6O2/c1-15(22(27)33)31-13-12-28-23(31)16-6-8-17(9-7-16)24-30-20-5-3-2-4-19(20)25(34)32(24)21-11-10-18(26)14-29-21/h2-15H,1H3,(H2,27,33). The molecule has 1 atom stereocenters. The Morgan fingerprint density at radius 2 is 1.68 bits per heavy atom. The molecule has 2 aromatic carbocycles. The Labute approximate surface area is 199 Å². The minimum atomic E-state index is -0.541. The van der Waals surface area contributed by atoms with Crippen molar-refractivity contribution in [2.75, 3.05) is 0 Å². The molecule has 0 saturated heterocycles. The first-order chi connectivity index (χ1) is 16.4. The highest BCUT2D eigenvalue weighted by molar-refractivity contribution is 6.30. The van der Waals surface area contributed by atoms with Crippen molar-refractivity contribution in [3.8, 4) is 28.6 Å². The molecule has 0 spiro atoms. The maximum atomic E-state index is 13.4. The molecule has 168 valence electrons. The van der Waals surface area contributed by atoms with Crippen LogP contribution >= 0.6 is 11.6 Å². The second-order valence-electron chi connectivity index (χ2n) is 7.74. The van der Waals surface area contributed by atoms with Crippen LogP contribution in [0.3, 0.4) is 0 Å². The molecule has 0 aliphatic rings. The number of imidazole rings is 1. The molecular formula is C25H19ClN6O2. The first kappa shape index (κ1) is 21.5. The number of hydrogen-bond acceptors (Lipinski definition) is 5. The second kappa shape index (κ2) is 8.57. The van der Waals surface area contributed by atoms with Crippen molar-refractivity contribution in [1.82, 2.24) is 24.1 Å². The van der Waals surface area contributed by atoms with E-state index < -0.39 is 11.9 Å². The zero-order valence-electron chi connectivity index (χ0n) is 18.1. The Balaban J connectivity index is 1.66. The number of hydrogen-bond donors (Lipinski definition) is 1. The monoisotopic (exact) mass is 470 g/mol. The normalized spacial score (nSPS) is 12.1. The van der Waals surface area contributed by atoms with Gasteiger partial charge in [0.15, 0.2) is 0 Å². The van der Waals surface area contributed by atoms with Gasteiger partial charge in [-0.2, -0.15) is 0 Å². The maximum Gasteiger partial charge on any atom is 0.267 e. The summed E-state index contributed by atoms with van der Waals surface area (Å²) >= 11 is 6.01. The van der Waals surface area contributed by atoms with Crippen molar-refractivity contribution < 1.29 is 4.79 Å². The number of pyridine rings is 1. The van der Waals surface area contributed by atoms with Gasteiger partial charge in [0.2, 0.25) is 5.91 Å². The fourth-order valence-electron chi connectivity index (χ4n) is 3.79. The van der Waals surface area contributed by atoms with E-state index in [2.05, 4.69) is 9.97 Å². The Hall–Kier alpha value is -4.30. The van der Waals surface area contributed by atoms with Crippen molar-refractivity contribution >= 4 is 28.4 Å². The molecule has 3 heterocycles. The molecule has 3 aromatic heterocycles. The summed E-state index contributed by atoms with van der Waals surface area (Å²) in [5, 5.41) is 0.958. The Morgan fingerprint density at radius 1 is 0.971 bits per heavy atom. The second-order valence-corrected chi connectivity index (χ2v) is 8.18. The number of nitrogens with zero attached hydrogens (tertiary/aromatic N) is 5. The molecule has 0 radical (unpaired) electrons. The molecule has 1 unspecified atom stereocenters. The van der Waals surface area contributed by atoms with Crippen LogP contribution in [-0.4, -0.2) is 30.0 Å². The maximum absolute atomic E-state index is 13.4. The van der Waals surface area contributed by atoms with Gasteiger partial charge in [0, 0.05) is 29.7 Å². The average molecular weight is 471 g/mol. The van der Waals surface area contributed by atoms with Crippen LogP contribution in [0.15, 0.2) is 84.0 Å². The minimum Gasteiger partial charge on any atom is -0.368 e. The molecule has 0 saturated carbocycles. The summed E-state index contributed by atoms with van der Waals surface area (Å²) in [5.41, 5.74) is 7.33. The van der Waals surface area contributed by atoms with E-state index in [1.54, 1.807) is 54.2 Å². The molecule has 2 N–H and O–H groups in total. The number of amides is 1. The third-order valence-corrected chi connectivity index (χ3v) is 5.84. The van der Waals surface area contributed by atoms with Crippen molar-refractivity contribution in [1.29, 1.82) is 0 Å². The quantitative estimate of drug-likeness (QED) is 0.417. The molecule has 0 aliphatic heterocycles. The molecule has 34 heavy (non-hydrogen) atoms. The van der Waals surface area contributed by atoms with Gasteiger partial charge in [-0.3, -0.25) is 9.59 Å². The average Bonchev–Trinajstić information content (AvgIpc) is 3.34. The molecule has 9 heteroatoms. The highest BCUT2D eigenvalue weighted by Gasteiger charge is 2.18. The van der Waals surface area contributed by atoms with Crippen LogP contribution in [0, 0.1) is 0 Å². The number of halogens is 1. The van der Waals surface area contributed by atoms with Crippen LogP contribution in [0.25, 0.3) is 39.5 Å². The van der Waals surface area contributed by atoms with Crippen LogP contribution in [0.4, 0.5) is 0 Å². The highest BCUT2D eigenvalue weighted by Crippen LogP contribution is 2.26. The Bertz CT molecular complexity index is 1570. The number of primary amides is 1. The molecule has 1 amide bonds. The van der Waals surface area contributed by atoms with Gasteiger partial charge in [-0.05, 0) is 31.2 Å². The molecule has 5 rings (SSSR count). The summed E-state index contributed by atoms with van der Waals surface area (Å²) in [6.45, 7) is 1.72.